The standard InChI is InChI=1S/C22H22FN5O5S/c1-12-9-15-13(2)16(10-14-5-6-25-20(19(14)23)27-34(30,31)24-3)21(29)32-18(15)11-17(12)33-22-26-7-8-28(22)4/h5-9,11,24H,10H2,1-4H3,(H,25,27). The van der Waals surface area contributed by atoms with Crippen LogP contribution in [0.4, 0.5) is 10.2 Å². The molecule has 0 bridgehead atoms. The van der Waals surface area contributed by atoms with E-state index < -0.39 is 27.5 Å². The fourth-order valence-corrected chi connectivity index (χ4v) is 3.95. The van der Waals surface area contributed by atoms with E-state index in [2.05, 4.69) is 9.97 Å². The van der Waals surface area contributed by atoms with E-state index in [-0.39, 0.29) is 17.5 Å². The Morgan fingerprint density at radius 1 is 1.21 bits per heavy atom. The molecule has 0 aliphatic rings. The molecule has 0 atom stereocenters. The van der Waals surface area contributed by atoms with Crippen molar-refractivity contribution in [1.82, 2.24) is 19.3 Å². The highest BCUT2D eigenvalue weighted by Gasteiger charge is 2.19. The van der Waals surface area contributed by atoms with E-state index in [4.69, 9.17) is 9.15 Å². The number of nitrogens with zero attached hydrogens (tertiary/aromatic N) is 3. The summed E-state index contributed by atoms with van der Waals surface area (Å²) >= 11 is 0. The van der Waals surface area contributed by atoms with Crippen molar-refractivity contribution in [2.45, 2.75) is 20.3 Å². The van der Waals surface area contributed by atoms with Crippen LogP contribution in [0.15, 0.2) is 46.0 Å². The first-order chi connectivity index (χ1) is 16.1. The molecule has 4 rings (SSSR count). The largest absolute Gasteiger partial charge is 0.425 e. The summed E-state index contributed by atoms with van der Waals surface area (Å²) in [6, 6.07) is 5.21. The Hall–Kier alpha value is -3.77. The maximum atomic E-state index is 15.0. The zero-order valence-corrected chi connectivity index (χ0v) is 19.7. The van der Waals surface area contributed by atoms with Gasteiger partial charge in [-0.05, 0) is 42.7 Å². The third-order valence-electron chi connectivity index (χ3n) is 5.40. The Morgan fingerprint density at radius 2 is 1.97 bits per heavy atom. The van der Waals surface area contributed by atoms with Crippen LogP contribution < -0.4 is 19.8 Å². The average Bonchev–Trinajstić information content (AvgIpc) is 3.19. The van der Waals surface area contributed by atoms with Crippen LogP contribution in [0, 0.1) is 19.7 Å². The van der Waals surface area contributed by atoms with E-state index in [9.17, 15) is 17.6 Å². The Kier molecular flexibility index (Phi) is 6.11. The van der Waals surface area contributed by atoms with Gasteiger partial charge in [0.15, 0.2) is 11.6 Å². The lowest BCUT2D eigenvalue weighted by molar-refractivity contribution is 0.421. The van der Waals surface area contributed by atoms with E-state index >= 15 is 0 Å². The van der Waals surface area contributed by atoms with Gasteiger partial charge in [0.05, 0.1) is 0 Å². The number of imidazole rings is 1. The van der Waals surface area contributed by atoms with Crippen molar-refractivity contribution in [3.05, 3.63) is 75.3 Å². The predicted molar refractivity (Wildman–Crippen MR) is 124 cm³/mol. The minimum absolute atomic E-state index is 0.0880. The third-order valence-corrected chi connectivity index (χ3v) is 6.40. The molecular weight excluding hydrogens is 465 g/mol. The highest BCUT2D eigenvalue weighted by molar-refractivity contribution is 7.90. The second-order valence-corrected chi connectivity index (χ2v) is 9.27. The second-order valence-electron chi connectivity index (χ2n) is 7.65. The van der Waals surface area contributed by atoms with Crippen LogP contribution in [-0.4, -0.2) is 30.0 Å². The summed E-state index contributed by atoms with van der Waals surface area (Å²) < 4.78 is 55.5. The Bertz CT molecular complexity index is 1560. The van der Waals surface area contributed by atoms with E-state index in [1.54, 1.807) is 37.0 Å². The van der Waals surface area contributed by atoms with Crippen molar-refractivity contribution in [3.8, 4) is 11.8 Å². The maximum Gasteiger partial charge on any atom is 0.340 e. The van der Waals surface area contributed by atoms with Gasteiger partial charge in [0.2, 0.25) is 0 Å². The van der Waals surface area contributed by atoms with Crippen molar-refractivity contribution in [3.63, 3.8) is 0 Å². The molecule has 34 heavy (non-hydrogen) atoms. The van der Waals surface area contributed by atoms with Crippen LogP contribution in [0.2, 0.25) is 0 Å². The summed E-state index contributed by atoms with van der Waals surface area (Å²) in [5.41, 5.74) is 1.43. The summed E-state index contributed by atoms with van der Waals surface area (Å²) in [6.45, 7) is 3.60. The topological polar surface area (TPSA) is 128 Å². The molecule has 0 aliphatic heterocycles. The lowest BCUT2D eigenvalue weighted by Crippen LogP contribution is -2.27. The van der Waals surface area contributed by atoms with Crippen molar-refractivity contribution < 1.29 is 22.0 Å². The van der Waals surface area contributed by atoms with Gasteiger partial charge in [-0.1, -0.05) is 0 Å². The minimum Gasteiger partial charge on any atom is -0.425 e. The van der Waals surface area contributed by atoms with E-state index in [1.165, 1.54) is 19.3 Å². The van der Waals surface area contributed by atoms with Gasteiger partial charge in [-0.15, -0.1) is 0 Å². The molecule has 10 nitrogen and oxygen atoms in total. The zero-order chi connectivity index (χ0) is 24.6. The monoisotopic (exact) mass is 487 g/mol. The van der Waals surface area contributed by atoms with Crippen molar-refractivity contribution >= 4 is 27.0 Å². The molecule has 0 saturated heterocycles. The summed E-state index contributed by atoms with van der Waals surface area (Å²) in [7, 11) is -0.984. The lowest BCUT2D eigenvalue weighted by atomic mass is 9.98. The number of anilines is 1. The first kappa shape index (κ1) is 23.4. The predicted octanol–water partition coefficient (Wildman–Crippen LogP) is 2.94. The van der Waals surface area contributed by atoms with Gasteiger partial charge >= 0.3 is 11.6 Å². The molecule has 0 saturated carbocycles. The molecule has 4 aromatic rings. The average molecular weight is 488 g/mol. The van der Waals surface area contributed by atoms with Gasteiger partial charge in [0.1, 0.15) is 11.3 Å². The summed E-state index contributed by atoms with van der Waals surface area (Å²) in [5, 5.41) is 0.671. The SMILES string of the molecule is CNS(=O)(=O)Nc1nccc(Cc2c(C)c3cc(C)c(Oc4nccn4C)cc3oc2=O)c1F. The number of rotatable bonds is 7. The lowest BCUT2D eigenvalue weighted by Gasteiger charge is -2.13. The number of ether oxygens (including phenoxy) is 1. The van der Waals surface area contributed by atoms with Crippen molar-refractivity contribution in [2.24, 2.45) is 7.05 Å². The van der Waals surface area contributed by atoms with Gasteiger partial charge in [-0.25, -0.2) is 23.9 Å². The number of hydrogen-bond acceptors (Lipinski definition) is 7. The van der Waals surface area contributed by atoms with Crippen LogP contribution in [0.25, 0.3) is 11.0 Å². The molecule has 178 valence electrons. The number of aromatic nitrogens is 3. The molecule has 12 heteroatoms. The Labute approximate surface area is 194 Å². The van der Waals surface area contributed by atoms with Crippen molar-refractivity contribution in [2.75, 3.05) is 11.8 Å². The molecule has 0 aliphatic carbocycles. The Balaban J connectivity index is 1.73. The fraction of sp³-hybridized carbons (Fsp3) is 0.227. The molecule has 0 amide bonds. The highest BCUT2D eigenvalue weighted by Crippen LogP contribution is 2.31. The van der Waals surface area contributed by atoms with E-state index in [0.29, 0.717) is 28.3 Å². The first-order valence-electron chi connectivity index (χ1n) is 10.2. The number of fused-ring (bicyclic) bond motifs is 1. The molecule has 0 fully saturated rings. The number of halogens is 1. The van der Waals surface area contributed by atoms with Crippen LogP contribution in [0.5, 0.6) is 11.8 Å². The van der Waals surface area contributed by atoms with Crippen molar-refractivity contribution in [1.29, 1.82) is 0 Å². The quantitative estimate of drug-likeness (QED) is 0.384. The molecule has 0 spiro atoms. The number of pyridine rings is 1. The number of benzene rings is 1. The molecule has 0 unspecified atom stereocenters. The van der Waals surface area contributed by atoms with Gasteiger partial charge in [-0.3, -0.25) is 4.72 Å². The van der Waals surface area contributed by atoms with E-state index in [1.807, 2.05) is 22.4 Å². The number of nitrogens with one attached hydrogen (secondary N) is 2. The minimum atomic E-state index is -3.96. The third kappa shape index (κ3) is 4.50. The van der Waals surface area contributed by atoms with Crippen LogP contribution in [0.3, 0.4) is 0 Å². The summed E-state index contributed by atoms with van der Waals surface area (Å²) in [5.74, 6) is -0.865. The van der Waals surface area contributed by atoms with Crippen LogP contribution in [-0.2, 0) is 23.7 Å². The first-order valence-corrected chi connectivity index (χ1v) is 11.6. The molecule has 2 N–H and O–H groups in total. The van der Waals surface area contributed by atoms with E-state index in [0.717, 1.165) is 5.56 Å². The number of aryl methyl sites for hydroxylation is 3. The summed E-state index contributed by atoms with van der Waals surface area (Å²) in [4.78, 5) is 20.7. The highest BCUT2D eigenvalue weighted by atomic mass is 32.2. The zero-order valence-electron chi connectivity index (χ0n) is 18.8. The molecule has 3 aromatic heterocycles. The molecule has 3 heterocycles. The maximum absolute atomic E-state index is 15.0. The second kappa shape index (κ2) is 8.88. The Morgan fingerprint density at radius 3 is 2.65 bits per heavy atom. The normalized spacial score (nSPS) is 11.7. The van der Waals surface area contributed by atoms with Gasteiger partial charge in [-0.2, -0.15) is 8.42 Å². The smallest absolute Gasteiger partial charge is 0.340 e. The molecule has 0 radical (unpaired) electrons. The van der Waals surface area contributed by atoms with Gasteiger partial charge in [0.25, 0.3) is 10.2 Å². The van der Waals surface area contributed by atoms with Gasteiger partial charge in [0, 0.05) is 56.1 Å². The summed E-state index contributed by atoms with van der Waals surface area (Å²) in [6.07, 6.45) is 4.50. The van der Waals surface area contributed by atoms with Crippen LogP contribution in [0.1, 0.15) is 22.3 Å². The fourth-order valence-electron chi connectivity index (χ4n) is 3.45. The molecule has 1 aromatic carbocycles. The molecular formula is C22H22FN5O5S. The van der Waals surface area contributed by atoms with Crippen LogP contribution >= 0.6 is 0 Å². The number of hydrogen-bond donors (Lipinski definition) is 2. The van der Waals surface area contributed by atoms with Gasteiger partial charge < -0.3 is 13.7 Å².